The van der Waals surface area contributed by atoms with E-state index in [1.807, 2.05) is 57.7 Å². The first-order valence-corrected chi connectivity index (χ1v) is 12.8. The summed E-state index contributed by atoms with van der Waals surface area (Å²) in [6, 6.07) is 8.80. The third-order valence-electron chi connectivity index (χ3n) is 6.60. The molecule has 0 spiro atoms. The fourth-order valence-corrected chi connectivity index (χ4v) is 4.63. The molecule has 5 nitrogen and oxygen atoms in total. The van der Waals surface area contributed by atoms with E-state index < -0.39 is 0 Å². The number of amides is 2. The van der Waals surface area contributed by atoms with Crippen molar-refractivity contribution in [2.75, 3.05) is 13.1 Å². The maximum atomic E-state index is 12.5. The van der Waals surface area contributed by atoms with Crippen LogP contribution in [0.15, 0.2) is 30.3 Å². The molecule has 2 fully saturated rings. The molecule has 1 aliphatic carbocycles. The van der Waals surface area contributed by atoms with Gasteiger partial charge in [0.15, 0.2) is 5.78 Å². The predicted molar refractivity (Wildman–Crippen MR) is 136 cm³/mol. The van der Waals surface area contributed by atoms with Crippen molar-refractivity contribution >= 4 is 17.6 Å². The molecule has 1 atom stereocenters. The summed E-state index contributed by atoms with van der Waals surface area (Å²) in [5.41, 5.74) is 0.423. The van der Waals surface area contributed by atoms with Gasteiger partial charge in [-0.05, 0) is 50.2 Å². The summed E-state index contributed by atoms with van der Waals surface area (Å²) in [6.07, 6.45) is 9.29. The summed E-state index contributed by atoms with van der Waals surface area (Å²) in [5.74, 6) is 0.572. The van der Waals surface area contributed by atoms with E-state index in [2.05, 4.69) is 5.32 Å². The van der Waals surface area contributed by atoms with Crippen LogP contribution in [0.2, 0.25) is 0 Å². The van der Waals surface area contributed by atoms with Gasteiger partial charge >= 0.3 is 0 Å². The van der Waals surface area contributed by atoms with Crippen LogP contribution in [-0.2, 0) is 9.59 Å². The third kappa shape index (κ3) is 8.60. The topological polar surface area (TPSA) is 66.5 Å². The summed E-state index contributed by atoms with van der Waals surface area (Å²) in [4.78, 5) is 38.6. The Labute approximate surface area is 202 Å². The van der Waals surface area contributed by atoms with Crippen LogP contribution in [0.3, 0.4) is 0 Å². The van der Waals surface area contributed by atoms with Crippen molar-refractivity contribution in [3.05, 3.63) is 35.9 Å². The number of hydrogen-bond acceptors (Lipinski definition) is 3. The number of ketones is 1. The monoisotopic (exact) mass is 458 g/mol. The van der Waals surface area contributed by atoms with Gasteiger partial charge in [0, 0.05) is 31.4 Å². The zero-order valence-electron chi connectivity index (χ0n) is 21.4. The van der Waals surface area contributed by atoms with Gasteiger partial charge in [-0.25, -0.2) is 0 Å². The van der Waals surface area contributed by atoms with Crippen molar-refractivity contribution in [2.24, 2.45) is 17.3 Å². The molecule has 0 aromatic heterocycles. The highest BCUT2D eigenvalue weighted by Crippen LogP contribution is 2.28. The predicted octanol–water partition coefficient (Wildman–Crippen LogP) is 5.88. The van der Waals surface area contributed by atoms with Crippen LogP contribution in [-0.4, -0.2) is 41.6 Å². The second kappa shape index (κ2) is 12.9. The van der Waals surface area contributed by atoms with E-state index in [4.69, 9.17) is 0 Å². The fourth-order valence-electron chi connectivity index (χ4n) is 4.63. The molecule has 0 unspecified atom stereocenters. The largest absolute Gasteiger partial charge is 0.342 e. The second-order valence-electron chi connectivity index (χ2n) is 10.9. The Kier molecular flexibility index (Phi) is 10.6. The average molecular weight is 459 g/mol. The molecular formula is C28H46N2O3. The zero-order chi connectivity index (χ0) is 24.4. The summed E-state index contributed by atoms with van der Waals surface area (Å²) >= 11 is 0. The highest BCUT2D eigenvalue weighted by Gasteiger charge is 2.32. The summed E-state index contributed by atoms with van der Waals surface area (Å²) in [7, 11) is 0. The molecule has 1 N–H and O–H groups in total. The Morgan fingerprint density at radius 1 is 0.909 bits per heavy atom. The number of hydrogen-bond donors (Lipinski definition) is 1. The molecule has 1 saturated heterocycles. The minimum atomic E-state index is -0.335. The minimum Gasteiger partial charge on any atom is -0.342 e. The number of rotatable bonds is 5. The van der Waals surface area contributed by atoms with Gasteiger partial charge in [0.1, 0.15) is 0 Å². The zero-order valence-corrected chi connectivity index (χ0v) is 21.4. The van der Waals surface area contributed by atoms with Crippen molar-refractivity contribution in [3.8, 4) is 0 Å². The Morgan fingerprint density at radius 3 is 1.97 bits per heavy atom. The smallest absolute Gasteiger partial charge is 0.251 e. The molecule has 2 amide bonds. The van der Waals surface area contributed by atoms with Crippen LogP contribution in [0.5, 0.6) is 0 Å². The summed E-state index contributed by atoms with van der Waals surface area (Å²) in [5, 5.41) is 3.00. The number of piperidine rings is 1. The maximum Gasteiger partial charge on any atom is 0.251 e. The fraction of sp³-hybridized carbons (Fsp3) is 0.679. The normalized spacial score (nSPS) is 18.2. The first kappa shape index (κ1) is 27.1. The number of benzene rings is 1. The van der Waals surface area contributed by atoms with Gasteiger partial charge in [-0.2, -0.15) is 0 Å². The quantitative estimate of drug-likeness (QED) is 0.599. The molecular weight excluding hydrogens is 412 g/mol. The molecule has 0 bridgehead atoms. The molecule has 1 aromatic rings. The molecule has 186 valence electrons. The second-order valence-corrected chi connectivity index (χ2v) is 10.9. The molecule has 1 saturated carbocycles. The number of nitrogens with one attached hydrogen (secondary N) is 1. The lowest BCUT2D eigenvalue weighted by molar-refractivity contribution is -0.140. The highest BCUT2D eigenvalue weighted by molar-refractivity contribution is 5.98. The maximum absolute atomic E-state index is 12.5. The van der Waals surface area contributed by atoms with Gasteiger partial charge < -0.3 is 10.2 Å². The minimum absolute atomic E-state index is 0. The molecule has 3 rings (SSSR count). The van der Waals surface area contributed by atoms with E-state index >= 15 is 0 Å². The van der Waals surface area contributed by atoms with E-state index in [-0.39, 0.29) is 30.5 Å². The lowest BCUT2D eigenvalue weighted by Gasteiger charge is -2.32. The van der Waals surface area contributed by atoms with Gasteiger partial charge in [-0.15, -0.1) is 0 Å². The Hall–Kier alpha value is -2.17. The van der Waals surface area contributed by atoms with Gasteiger partial charge in [-0.3, -0.25) is 14.4 Å². The van der Waals surface area contributed by atoms with Crippen LogP contribution >= 0.6 is 0 Å². The molecule has 5 heteroatoms. The van der Waals surface area contributed by atoms with Crippen molar-refractivity contribution in [1.29, 1.82) is 0 Å². The molecule has 1 aliphatic heterocycles. The van der Waals surface area contributed by atoms with E-state index in [1.165, 1.54) is 25.7 Å². The van der Waals surface area contributed by atoms with E-state index in [0.29, 0.717) is 17.4 Å². The van der Waals surface area contributed by atoms with Crippen molar-refractivity contribution in [2.45, 2.75) is 92.0 Å². The standard InChI is InChI=1S/C18H25NO2.C10H19NO.H2/c1-13(2)17(20)16(14-9-5-3-6-10-14)19-18(21)15-11-7-4-8-12-15;1-10(2,3)9(12)11-7-5-4-6-8-11;/h4,7-8,11-14,16H,3,5-6,9-10H2,1-2H3,(H,19,21);4-8H2,1-3H3;1H/t16-;;/m1../s1. The highest BCUT2D eigenvalue weighted by atomic mass is 16.2. The molecule has 1 aromatic carbocycles. The molecule has 33 heavy (non-hydrogen) atoms. The molecule has 2 aliphatic rings. The number of Topliss-reactive ketones (excluding diaryl/α,β-unsaturated/α-hetero) is 1. The van der Waals surface area contributed by atoms with Crippen LogP contribution in [0.4, 0.5) is 0 Å². The first-order valence-electron chi connectivity index (χ1n) is 12.8. The lowest BCUT2D eigenvalue weighted by Crippen LogP contribution is -2.48. The van der Waals surface area contributed by atoms with Crippen LogP contribution < -0.4 is 5.32 Å². The third-order valence-corrected chi connectivity index (χ3v) is 6.60. The molecule has 0 radical (unpaired) electrons. The summed E-state index contributed by atoms with van der Waals surface area (Å²) < 4.78 is 0. The SMILES string of the molecule is CC(C)(C)C(=O)N1CCCCC1.CC(C)C(=O)[C@H](NC(=O)c1ccccc1)C1CCCCC1.[HH]. The number of carbonyl (C=O) groups excluding carboxylic acids is 3. The van der Waals surface area contributed by atoms with Crippen molar-refractivity contribution in [3.63, 3.8) is 0 Å². The van der Waals surface area contributed by atoms with Crippen molar-refractivity contribution < 1.29 is 15.8 Å². The van der Waals surface area contributed by atoms with Gasteiger partial charge in [0.2, 0.25) is 5.91 Å². The van der Waals surface area contributed by atoms with E-state index in [9.17, 15) is 14.4 Å². The van der Waals surface area contributed by atoms with Gasteiger partial charge in [0.25, 0.3) is 5.91 Å². The summed E-state index contributed by atoms with van der Waals surface area (Å²) in [6.45, 7) is 11.7. The number of carbonyl (C=O) groups is 3. The van der Waals surface area contributed by atoms with E-state index in [1.54, 1.807) is 12.1 Å². The Bertz CT molecular complexity index is 762. The van der Waals surface area contributed by atoms with Crippen molar-refractivity contribution in [1.82, 2.24) is 10.2 Å². The number of likely N-dealkylation sites (tertiary alicyclic amines) is 1. The van der Waals surface area contributed by atoms with Crippen LogP contribution in [0.25, 0.3) is 0 Å². The molecule has 1 heterocycles. The Balaban J connectivity index is 0.000000380. The Morgan fingerprint density at radius 2 is 1.45 bits per heavy atom. The van der Waals surface area contributed by atoms with Crippen LogP contribution in [0.1, 0.15) is 97.8 Å². The van der Waals surface area contributed by atoms with E-state index in [0.717, 1.165) is 38.8 Å². The van der Waals surface area contributed by atoms with Crippen LogP contribution in [0, 0.1) is 17.3 Å². The first-order chi connectivity index (χ1) is 15.6. The number of nitrogens with zero attached hydrogens (tertiary/aromatic N) is 1. The van der Waals surface area contributed by atoms with Gasteiger partial charge in [-0.1, -0.05) is 72.1 Å². The average Bonchev–Trinajstić information content (AvgIpc) is 2.83. The lowest BCUT2D eigenvalue weighted by atomic mass is 9.80. The van der Waals surface area contributed by atoms with Gasteiger partial charge in [0.05, 0.1) is 6.04 Å².